The van der Waals surface area contributed by atoms with Crippen molar-refractivity contribution in [3.63, 3.8) is 0 Å². The minimum atomic E-state index is -0.508. The fourth-order valence-electron chi connectivity index (χ4n) is 1.99. The van der Waals surface area contributed by atoms with Gasteiger partial charge in [-0.2, -0.15) is 4.98 Å². The number of esters is 1. The number of hydrogen-bond acceptors (Lipinski definition) is 5. The zero-order valence-corrected chi connectivity index (χ0v) is 13.2. The molecule has 24 heavy (non-hydrogen) atoms. The van der Waals surface area contributed by atoms with Gasteiger partial charge in [-0.05, 0) is 36.4 Å². The van der Waals surface area contributed by atoms with Crippen molar-refractivity contribution in [2.75, 3.05) is 0 Å². The van der Waals surface area contributed by atoms with E-state index in [4.69, 9.17) is 20.9 Å². The molecule has 0 amide bonds. The van der Waals surface area contributed by atoms with Crippen molar-refractivity contribution >= 4 is 17.6 Å². The van der Waals surface area contributed by atoms with Crippen molar-refractivity contribution < 1.29 is 18.4 Å². The second kappa shape index (κ2) is 7.23. The lowest BCUT2D eigenvalue weighted by Gasteiger charge is -2.02. The molecule has 0 aliphatic heterocycles. The summed E-state index contributed by atoms with van der Waals surface area (Å²) in [6, 6.07) is 12.4. The zero-order valence-electron chi connectivity index (χ0n) is 12.4. The molecule has 2 aromatic carbocycles. The Balaban J connectivity index is 1.57. The van der Waals surface area contributed by atoms with E-state index in [1.807, 2.05) is 0 Å². The van der Waals surface area contributed by atoms with E-state index in [1.54, 1.807) is 24.3 Å². The predicted molar refractivity (Wildman–Crippen MR) is 85.1 cm³/mol. The highest BCUT2D eigenvalue weighted by Gasteiger charge is 2.12. The second-order valence-corrected chi connectivity index (χ2v) is 5.39. The summed E-state index contributed by atoms with van der Waals surface area (Å²) in [5.41, 5.74) is 0.761. The fourth-order valence-corrected chi connectivity index (χ4v) is 2.12. The Labute approximate surface area is 142 Å². The van der Waals surface area contributed by atoms with Gasteiger partial charge in [0, 0.05) is 23.1 Å². The molecule has 5 nitrogen and oxygen atoms in total. The Hall–Kier alpha value is -2.73. The first-order chi connectivity index (χ1) is 11.6. The number of nitrogens with zero attached hydrogens (tertiary/aromatic N) is 2. The summed E-state index contributed by atoms with van der Waals surface area (Å²) in [4.78, 5) is 16.0. The first-order valence-electron chi connectivity index (χ1n) is 7.15. The molecule has 0 unspecified atom stereocenters. The van der Waals surface area contributed by atoms with Crippen LogP contribution in [0.4, 0.5) is 4.39 Å². The Morgan fingerprint density at radius 3 is 2.75 bits per heavy atom. The monoisotopic (exact) mass is 346 g/mol. The molecule has 1 heterocycles. The highest BCUT2D eigenvalue weighted by atomic mass is 35.5. The molecule has 0 radical (unpaired) electrons. The van der Waals surface area contributed by atoms with Crippen molar-refractivity contribution in [1.29, 1.82) is 0 Å². The molecule has 3 aromatic rings. The van der Waals surface area contributed by atoms with Gasteiger partial charge < -0.3 is 9.26 Å². The van der Waals surface area contributed by atoms with Crippen LogP contribution < -0.4 is 4.74 Å². The summed E-state index contributed by atoms with van der Waals surface area (Å²) in [6.45, 7) is 0. The molecule has 0 bridgehead atoms. The van der Waals surface area contributed by atoms with Crippen LogP contribution in [0.25, 0.3) is 11.4 Å². The van der Waals surface area contributed by atoms with Crippen LogP contribution in [-0.2, 0) is 11.2 Å². The quantitative estimate of drug-likeness (QED) is 0.514. The Bertz CT molecular complexity index is 849. The molecule has 0 atom stereocenters. The lowest BCUT2D eigenvalue weighted by molar-refractivity contribution is -0.134. The van der Waals surface area contributed by atoms with E-state index in [0.29, 0.717) is 16.7 Å². The molecule has 0 aliphatic rings. The average Bonchev–Trinajstić information content (AvgIpc) is 3.03. The Kier molecular flexibility index (Phi) is 4.86. The predicted octanol–water partition coefficient (Wildman–Crippen LogP) is 4.07. The van der Waals surface area contributed by atoms with Crippen LogP contribution in [0.2, 0.25) is 5.02 Å². The summed E-state index contributed by atoms with van der Waals surface area (Å²) >= 11 is 5.83. The van der Waals surface area contributed by atoms with E-state index >= 15 is 0 Å². The number of aromatic nitrogens is 2. The summed E-state index contributed by atoms with van der Waals surface area (Å²) in [5, 5.41) is 4.47. The first-order valence-corrected chi connectivity index (χ1v) is 7.53. The number of benzene rings is 2. The molecule has 0 aliphatic carbocycles. The molecular weight excluding hydrogens is 335 g/mol. The van der Waals surface area contributed by atoms with E-state index in [1.165, 1.54) is 18.2 Å². The van der Waals surface area contributed by atoms with Gasteiger partial charge in [0.25, 0.3) is 0 Å². The largest absolute Gasteiger partial charge is 0.426 e. The van der Waals surface area contributed by atoms with Crippen LogP contribution in [0.1, 0.15) is 12.3 Å². The highest BCUT2D eigenvalue weighted by Crippen LogP contribution is 2.19. The van der Waals surface area contributed by atoms with Crippen molar-refractivity contribution in [1.82, 2.24) is 10.1 Å². The third-order valence-corrected chi connectivity index (χ3v) is 3.39. The van der Waals surface area contributed by atoms with Gasteiger partial charge in [0.05, 0.1) is 6.42 Å². The van der Waals surface area contributed by atoms with Crippen LogP contribution in [0.3, 0.4) is 0 Å². The molecule has 0 spiro atoms. The highest BCUT2D eigenvalue weighted by molar-refractivity contribution is 6.30. The molecule has 1 aromatic heterocycles. The Morgan fingerprint density at radius 2 is 2.00 bits per heavy atom. The normalized spacial score (nSPS) is 10.6. The third kappa shape index (κ3) is 4.17. The average molecular weight is 347 g/mol. The van der Waals surface area contributed by atoms with Gasteiger partial charge in [-0.15, -0.1) is 0 Å². The van der Waals surface area contributed by atoms with Crippen molar-refractivity contribution in [2.45, 2.75) is 12.8 Å². The maximum atomic E-state index is 13.0. The van der Waals surface area contributed by atoms with E-state index < -0.39 is 11.8 Å². The summed E-state index contributed by atoms with van der Waals surface area (Å²) in [5.74, 6) is -0.0830. The number of aryl methyl sites for hydroxylation is 1. The first kappa shape index (κ1) is 16.1. The second-order valence-electron chi connectivity index (χ2n) is 4.95. The summed E-state index contributed by atoms with van der Waals surface area (Å²) in [6.07, 6.45) is 0.271. The van der Waals surface area contributed by atoms with Gasteiger partial charge in [-0.1, -0.05) is 22.8 Å². The van der Waals surface area contributed by atoms with Crippen molar-refractivity contribution in [3.8, 4) is 17.1 Å². The SMILES string of the molecule is O=C(CCc1nc(-c2ccc(Cl)cc2)no1)Oc1cccc(F)c1. The molecular formula is C17H12ClFN2O3. The zero-order chi connectivity index (χ0) is 16.9. The fraction of sp³-hybridized carbons (Fsp3) is 0.118. The number of hydrogen-bond donors (Lipinski definition) is 0. The van der Waals surface area contributed by atoms with Crippen molar-refractivity contribution in [2.24, 2.45) is 0 Å². The van der Waals surface area contributed by atoms with E-state index in [9.17, 15) is 9.18 Å². The van der Waals surface area contributed by atoms with Crippen LogP contribution in [0, 0.1) is 5.82 Å². The molecule has 3 rings (SSSR count). The number of halogens is 2. The van der Waals surface area contributed by atoms with Crippen LogP contribution in [0.5, 0.6) is 5.75 Å². The van der Waals surface area contributed by atoms with Crippen LogP contribution >= 0.6 is 11.6 Å². The van der Waals surface area contributed by atoms with Gasteiger partial charge in [0.15, 0.2) is 0 Å². The van der Waals surface area contributed by atoms with Crippen molar-refractivity contribution in [3.05, 3.63) is 65.3 Å². The van der Waals surface area contributed by atoms with Crippen LogP contribution in [0.15, 0.2) is 53.1 Å². The third-order valence-electron chi connectivity index (χ3n) is 3.14. The van der Waals surface area contributed by atoms with E-state index in [-0.39, 0.29) is 18.6 Å². The smallest absolute Gasteiger partial charge is 0.311 e. The van der Waals surface area contributed by atoms with Gasteiger partial charge in [0.1, 0.15) is 11.6 Å². The van der Waals surface area contributed by atoms with Crippen LogP contribution in [-0.4, -0.2) is 16.1 Å². The molecule has 0 saturated carbocycles. The standard InChI is InChI=1S/C17H12ClFN2O3/c18-12-6-4-11(5-7-12)17-20-15(24-21-17)8-9-16(22)23-14-3-1-2-13(19)10-14/h1-7,10H,8-9H2. The van der Waals surface area contributed by atoms with Gasteiger partial charge in [-0.25, -0.2) is 4.39 Å². The summed E-state index contributed by atoms with van der Waals surface area (Å²) < 4.78 is 23.2. The van der Waals surface area contributed by atoms with Gasteiger partial charge in [0.2, 0.25) is 11.7 Å². The summed E-state index contributed by atoms with van der Waals surface area (Å²) in [7, 11) is 0. The molecule has 0 fully saturated rings. The lowest BCUT2D eigenvalue weighted by Crippen LogP contribution is -2.09. The van der Waals surface area contributed by atoms with Gasteiger partial charge >= 0.3 is 5.97 Å². The minimum Gasteiger partial charge on any atom is -0.426 e. The number of ether oxygens (including phenoxy) is 1. The lowest BCUT2D eigenvalue weighted by atomic mass is 10.2. The topological polar surface area (TPSA) is 65.2 Å². The number of rotatable bonds is 5. The molecule has 122 valence electrons. The number of carbonyl (C=O) groups is 1. The van der Waals surface area contributed by atoms with E-state index in [2.05, 4.69) is 10.1 Å². The minimum absolute atomic E-state index is 0.0404. The molecule has 0 saturated heterocycles. The maximum absolute atomic E-state index is 13.0. The van der Waals surface area contributed by atoms with Gasteiger partial charge in [-0.3, -0.25) is 4.79 Å². The number of carbonyl (C=O) groups excluding carboxylic acids is 1. The molecule has 7 heteroatoms. The Morgan fingerprint density at radius 1 is 1.21 bits per heavy atom. The molecule has 0 N–H and O–H groups in total. The maximum Gasteiger partial charge on any atom is 0.311 e. The van der Waals surface area contributed by atoms with E-state index in [0.717, 1.165) is 11.6 Å².